The summed E-state index contributed by atoms with van der Waals surface area (Å²) in [7, 11) is -3.62. The minimum atomic E-state index is -3.62. The SMILES string of the molecule is Cc1ccc(S(=O)(=O)NC(C)C/C(O)=C/[N+]#N)cc1. The van der Waals surface area contributed by atoms with E-state index in [2.05, 4.69) is 9.70 Å². The zero-order valence-corrected chi connectivity index (χ0v) is 11.6. The lowest BCUT2D eigenvalue weighted by atomic mass is 10.2. The van der Waals surface area contributed by atoms with E-state index in [1.807, 2.05) is 6.92 Å². The van der Waals surface area contributed by atoms with Gasteiger partial charge in [-0.2, -0.15) is 0 Å². The highest BCUT2D eigenvalue weighted by Gasteiger charge is 2.18. The molecule has 0 aliphatic rings. The lowest BCUT2D eigenvalue weighted by molar-refractivity contribution is 0.372. The Bertz CT molecular complexity index is 600. The third kappa shape index (κ3) is 4.69. The fraction of sp³-hybridized carbons (Fsp3) is 0.333. The van der Waals surface area contributed by atoms with Gasteiger partial charge in [0.25, 0.3) is 0 Å². The van der Waals surface area contributed by atoms with E-state index in [-0.39, 0.29) is 17.1 Å². The van der Waals surface area contributed by atoms with Crippen molar-refractivity contribution in [2.75, 3.05) is 0 Å². The van der Waals surface area contributed by atoms with Crippen molar-refractivity contribution in [2.45, 2.75) is 31.2 Å². The summed E-state index contributed by atoms with van der Waals surface area (Å²) in [6, 6.07) is 5.93. The molecule has 0 fully saturated rings. The summed E-state index contributed by atoms with van der Waals surface area (Å²) < 4.78 is 26.4. The number of hydrogen-bond acceptors (Lipinski definition) is 4. The number of benzene rings is 1. The van der Waals surface area contributed by atoms with Crippen LogP contribution in [0.5, 0.6) is 0 Å². The number of aliphatic hydroxyl groups excluding tert-OH is 1. The maximum Gasteiger partial charge on any atom is 0.387 e. The number of nitrogens with one attached hydrogen (secondary N) is 1. The third-order valence-corrected chi connectivity index (χ3v) is 4.02. The van der Waals surface area contributed by atoms with Crippen LogP contribution in [0.4, 0.5) is 0 Å². The van der Waals surface area contributed by atoms with Gasteiger partial charge >= 0.3 is 6.20 Å². The lowest BCUT2D eigenvalue weighted by Crippen LogP contribution is -2.32. The Morgan fingerprint density at radius 3 is 2.58 bits per heavy atom. The molecule has 1 atom stereocenters. The molecule has 102 valence electrons. The van der Waals surface area contributed by atoms with Crippen molar-refractivity contribution < 1.29 is 13.5 Å². The number of aryl methyl sites for hydroxylation is 1. The summed E-state index contributed by atoms with van der Waals surface area (Å²) >= 11 is 0. The van der Waals surface area contributed by atoms with Gasteiger partial charge in [0.05, 0.1) is 4.90 Å². The Morgan fingerprint density at radius 1 is 1.47 bits per heavy atom. The largest absolute Gasteiger partial charge is 0.505 e. The molecule has 19 heavy (non-hydrogen) atoms. The van der Waals surface area contributed by atoms with Crippen LogP contribution in [0.25, 0.3) is 4.98 Å². The monoisotopic (exact) mass is 282 g/mol. The van der Waals surface area contributed by atoms with Gasteiger partial charge in [-0.3, -0.25) is 0 Å². The molecule has 0 spiro atoms. The van der Waals surface area contributed by atoms with E-state index in [1.165, 1.54) is 12.1 Å². The number of nitrogens with zero attached hydrogens (tertiary/aromatic N) is 2. The molecule has 2 N–H and O–H groups in total. The van der Waals surface area contributed by atoms with Gasteiger partial charge in [-0.15, -0.1) is 0 Å². The summed E-state index contributed by atoms with van der Waals surface area (Å²) in [6.45, 7) is 3.47. The molecule has 0 aliphatic heterocycles. The second-order valence-electron chi connectivity index (χ2n) is 4.28. The van der Waals surface area contributed by atoms with Crippen LogP contribution in [0.3, 0.4) is 0 Å². The molecular weight excluding hydrogens is 266 g/mol. The summed E-state index contributed by atoms with van der Waals surface area (Å²) in [5, 5.41) is 17.5. The van der Waals surface area contributed by atoms with Crippen molar-refractivity contribution in [3.05, 3.63) is 46.8 Å². The average molecular weight is 282 g/mol. The van der Waals surface area contributed by atoms with Gasteiger partial charge in [0, 0.05) is 12.5 Å². The molecule has 0 aromatic heterocycles. The van der Waals surface area contributed by atoms with Gasteiger partial charge in [-0.1, -0.05) is 17.7 Å². The first-order valence-corrected chi connectivity index (χ1v) is 7.14. The minimum absolute atomic E-state index is 0.0369. The molecule has 1 aromatic rings. The first kappa shape index (κ1) is 15.1. The van der Waals surface area contributed by atoms with Crippen LogP contribution < -0.4 is 4.72 Å². The maximum atomic E-state index is 12.0. The predicted octanol–water partition coefficient (Wildman–Crippen LogP) is 2.30. The highest BCUT2D eigenvalue weighted by Crippen LogP contribution is 2.12. The molecule has 0 saturated carbocycles. The zero-order chi connectivity index (χ0) is 14.5. The van der Waals surface area contributed by atoms with E-state index in [4.69, 9.17) is 5.39 Å². The maximum absolute atomic E-state index is 12.0. The van der Waals surface area contributed by atoms with Crippen molar-refractivity contribution in [1.29, 1.82) is 5.39 Å². The molecular formula is C12H16N3O3S+. The van der Waals surface area contributed by atoms with Crippen LogP contribution >= 0.6 is 0 Å². The molecule has 6 nitrogen and oxygen atoms in total. The highest BCUT2D eigenvalue weighted by molar-refractivity contribution is 7.89. The topological polar surface area (TPSA) is 94.6 Å². The van der Waals surface area contributed by atoms with Gasteiger partial charge in [0.2, 0.25) is 15.4 Å². The van der Waals surface area contributed by atoms with Crippen molar-refractivity contribution in [3.8, 4) is 0 Å². The van der Waals surface area contributed by atoms with Crippen LogP contribution in [0, 0.1) is 12.3 Å². The molecule has 0 amide bonds. The van der Waals surface area contributed by atoms with Crippen molar-refractivity contribution in [3.63, 3.8) is 0 Å². The molecule has 0 radical (unpaired) electrons. The summed E-state index contributed by atoms with van der Waals surface area (Å²) in [5.41, 5.74) is 0.970. The van der Waals surface area contributed by atoms with E-state index in [0.717, 1.165) is 11.8 Å². The van der Waals surface area contributed by atoms with E-state index < -0.39 is 16.1 Å². The zero-order valence-electron chi connectivity index (χ0n) is 10.7. The Balaban J connectivity index is 2.78. The van der Waals surface area contributed by atoms with E-state index in [9.17, 15) is 13.5 Å². The van der Waals surface area contributed by atoms with E-state index in [0.29, 0.717) is 0 Å². The van der Waals surface area contributed by atoms with Crippen LogP contribution in [-0.4, -0.2) is 19.6 Å². The minimum Gasteiger partial charge on any atom is -0.505 e. The smallest absolute Gasteiger partial charge is 0.387 e. The molecule has 0 bridgehead atoms. The van der Waals surface area contributed by atoms with Crippen LogP contribution in [-0.2, 0) is 10.0 Å². The van der Waals surface area contributed by atoms with Crippen LogP contribution in [0.2, 0.25) is 0 Å². The third-order valence-electron chi connectivity index (χ3n) is 2.41. The van der Waals surface area contributed by atoms with Gasteiger partial charge in [-0.05, 0) is 26.0 Å². The standard InChI is InChI=1S/C12H15N3O3S/c1-9-3-5-12(6-4-9)19(17,18)15-10(2)7-11(16)8-14-13/h3-6,8,10,15H,7H2,1-2H3/p+1/b11-8-. The van der Waals surface area contributed by atoms with Gasteiger partial charge in [0.1, 0.15) is 0 Å². The Labute approximate surface area is 112 Å². The first-order chi connectivity index (χ1) is 8.85. The second kappa shape index (κ2) is 6.31. The van der Waals surface area contributed by atoms with E-state index >= 15 is 0 Å². The Hall–Kier alpha value is -1.91. The van der Waals surface area contributed by atoms with Crippen molar-refractivity contribution in [1.82, 2.24) is 4.72 Å². The van der Waals surface area contributed by atoms with Crippen molar-refractivity contribution in [2.24, 2.45) is 0 Å². The summed E-state index contributed by atoms with van der Waals surface area (Å²) in [6.07, 6.45) is 0.895. The fourth-order valence-corrected chi connectivity index (χ4v) is 2.77. The Morgan fingerprint density at radius 2 is 2.05 bits per heavy atom. The molecule has 0 saturated heterocycles. The highest BCUT2D eigenvalue weighted by atomic mass is 32.2. The normalized spacial score (nSPS) is 13.8. The number of aliphatic hydroxyl groups is 1. The number of hydrogen-bond donors (Lipinski definition) is 2. The Kier molecular flexibility index (Phi) is 5.03. The number of rotatable bonds is 5. The predicted molar refractivity (Wildman–Crippen MR) is 71.4 cm³/mol. The van der Waals surface area contributed by atoms with Gasteiger partial charge in [0.15, 0.2) is 10.7 Å². The van der Waals surface area contributed by atoms with Crippen LogP contribution in [0.1, 0.15) is 18.9 Å². The van der Waals surface area contributed by atoms with E-state index in [1.54, 1.807) is 19.1 Å². The summed E-state index contributed by atoms with van der Waals surface area (Å²) in [5.74, 6) is -0.207. The van der Waals surface area contributed by atoms with Gasteiger partial charge < -0.3 is 5.11 Å². The molecule has 7 heteroatoms. The molecule has 1 rings (SSSR count). The molecule has 0 aliphatic carbocycles. The molecule has 1 aromatic carbocycles. The fourth-order valence-electron chi connectivity index (χ4n) is 1.53. The number of sulfonamides is 1. The number of diazo groups is 1. The summed E-state index contributed by atoms with van der Waals surface area (Å²) in [4.78, 5) is 2.83. The molecule has 1 unspecified atom stereocenters. The quantitative estimate of drug-likeness (QED) is 0.640. The van der Waals surface area contributed by atoms with Crippen molar-refractivity contribution >= 4 is 10.0 Å². The first-order valence-electron chi connectivity index (χ1n) is 5.66. The lowest BCUT2D eigenvalue weighted by Gasteiger charge is -2.12. The molecule has 0 heterocycles. The van der Waals surface area contributed by atoms with Crippen LogP contribution in [0.15, 0.2) is 41.1 Å². The average Bonchev–Trinajstić information content (AvgIpc) is 2.28. The second-order valence-corrected chi connectivity index (χ2v) is 5.99. The van der Waals surface area contributed by atoms with Gasteiger partial charge in [-0.25, -0.2) is 13.1 Å².